The van der Waals surface area contributed by atoms with E-state index in [1.807, 2.05) is 4.90 Å². The standard InChI is InChI=1S/C19H24FN3O2/c20-13-3-1-4-14(9-13)22-19(25)23-16-5-2-6-17(23)11-15(10-16)21-18(24)12-7-8-12/h1,3-4,9,12,15-17H,2,5-8,10-11H2,(H,21,24)(H,22,25)/t16-,17-/m1/s1. The number of urea groups is 1. The number of halogens is 1. The fourth-order valence-electron chi connectivity index (χ4n) is 4.25. The van der Waals surface area contributed by atoms with Gasteiger partial charge in [0.05, 0.1) is 0 Å². The SMILES string of the molecule is O=C(NC1C[C@H]2CCC[C@H](C1)N2C(=O)Nc1cccc(F)c1)C1CC1. The third-order valence-corrected chi connectivity index (χ3v) is 5.58. The van der Waals surface area contributed by atoms with Crippen molar-refractivity contribution in [3.8, 4) is 0 Å². The summed E-state index contributed by atoms with van der Waals surface area (Å²) >= 11 is 0. The molecule has 5 nitrogen and oxygen atoms in total. The summed E-state index contributed by atoms with van der Waals surface area (Å²) < 4.78 is 13.3. The lowest BCUT2D eigenvalue weighted by Crippen LogP contribution is -2.59. The van der Waals surface area contributed by atoms with E-state index >= 15 is 0 Å². The Balaban J connectivity index is 1.41. The number of rotatable bonds is 3. The Morgan fingerprint density at radius 1 is 1.08 bits per heavy atom. The number of hydrogen-bond acceptors (Lipinski definition) is 2. The number of benzene rings is 1. The number of nitrogens with one attached hydrogen (secondary N) is 2. The summed E-state index contributed by atoms with van der Waals surface area (Å²) in [4.78, 5) is 26.7. The zero-order valence-electron chi connectivity index (χ0n) is 14.2. The smallest absolute Gasteiger partial charge is 0.322 e. The molecule has 0 unspecified atom stereocenters. The molecule has 0 radical (unpaired) electrons. The molecule has 4 rings (SSSR count). The second-order valence-corrected chi connectivity index (χ2v) is 7.54. The fourth-order valence-corrected chi connectivity index (χ4v) is 4.25. The number of nitrogens with zero attached hydrogens (tertiary/aromatic N) is 1. The summed E-state index contributed by atoms with van der Waals surface area (Å²) in [7, 11) is 0. The van der Waals surface area contributed by atoms with Crippen LogP contribution in [0.25, 0.3) is 0 Å². The number of carbonyl (C=O) groups is 2. The van der Waals surface area contributed by atoms with Crippen molar-refractivity contribution in [2.75, 3.05) is 5.32 Å². The maximum Gasteiger partial charge on any atom is 0.322 e. The molecule has 2 bridgehead atoms. The molecule has 2 N–H and O–H groups in total. The second-order valence-electron chi connectivity index (χ2n) is 7.54. The van der Waals surface area contributed by atoms with Crippen LogP contribution in [-0.4, -0.2) is 35.0 Å². The molecular weight excluding hydrogens is 321 g/mol. The molecule has 25 heavy (non-hydrogen) atoms. The van der Waals surface area contributed by atoms with Crippen molar-refractivity contribution in [1.82, 2.24) is 10.2 Å². The van der Waals surface area contributed by atoms with Crippen molar-refractivity contribution in [2.45, 2.75) is 63.1 Å². The van der Waals surface area contributed by atoms with Gasteiger partial charge in [-0.15, -0.1) is 0 Å². The van der Waals surface area contributed by atoms with Crippen molar-refractivity contribution in [2.24, 2.45) is 5.92 Å². The van der Waals surface area contributed by atoms with Crippen molar-refractivity contribution in [1.29, 1.82) is 0 Å². The minimum Gasteiger partial charge on any atom is -0.353 e. The van der Waals surface area contributed by atoms with Gasteiger partial charge in [-0.3, -0.25) is 4.79 Å². The third kappa shape index (κ3) is 3.62. The lowest BCUT2D eigenvalue weighted by atomic mass is 9.82. The van der Waals surface area contributed by atoms with Gasteiger partial charge in [0, 0.05) is 29.7 Å². The molecule has 6 heteroatoms. The fraction of sp³-hybridized carbons (Fsp3) is 0.579. The number of carbonyl (C=O) groups excluding carboxylic acids is 2. The van der Waals surface area contributed by atoms with E-state index in [4.69, 9.17) is 0 Å². The highest BCUT2D eigenvalue weighted by Crippen LogP contribution is 2.35. The van der Waals surface area contributed by atoms with Gasteiger partial charge in [0.25, 0.3) is 0 Å². The summed E-state index contributed by atoms with van der Waals surface area (Å²) in [6.45, 7) is 0. The minimum absolute atomic E-state index is 0.144. The molecule has 1 aromatic rings. The Morgan fingerprint density at radius 3 is 2.44 bits per heavy atom. The van der Waals surface area contributed by atoms with Crippen LogP contribution in [0, 0.1) is 11.7 Å². The Morgan fingerprint density at radius 2 is 1.80 bits per heavy atom. The van der Waals surface area contributed by atoms with Gasteiger partial charge >= 0.3 is 6.03 Å². The van der Waals surface area contributed by atoms with Crippen molar-refractivity contribution < 1.29 is 14.0 Å². The maximum atomic E-state index is 13.3. The third-order valence-electron chi connectivity index (χ3n) is 5.58. The van der Waals surface area contributed by atoms with Crippen LogP contribution in [0.4, 0.5) is 14.9 Å². The number of anilines is 1. The zero-order valence-corrected chi connectivity index (χ0v) is 14.2. The predicted octanol–water partition coefficient (Wildman–Crippen LogP) is 3.27. The van der Waals surface area contributed by atoms with Crippen LogP contribution in [-0.2, 0) is 4.79 Å². The highest BCUT2D eigenvalue weighted by atomic mass is 19.1. The molecule has 134 valence electrons. The number of amides is 3. The van der Waals surface area contributed by atoms with Crippen LogP contribution in [0.1, 0.15) is 44.9 Å². The molecule has 1 saturated carbocycles. The highest BCUT2D eigenvalue weighted by Gasteiger charge is 2.42. The number of fused-ring (bicyclic) bond motifs is 2. The van der Waals surface area contributed by atoms with E-state index in [9.17, 15) is 14.0 Å². The van der Waals surface area contributed by atoms with E-state index < -0.39 is 0 Å². The van der Waals surface area contributed by atoms with Crippen LogP contribution in [0.2, 0.25) is 0 Å². The molecule has 1 aliphatic carbocycles. The van der Waals surface area contributed by atoms with Gasteiger partial charge in [-0.05, 0) is 63.1 Å². The molecule has 3 fully saturated rings. The van der Waals surface area contributed by atoms with Crippen LogP contribution >= 0.6 is 0 Å². The van der Waals surface area contributed by atoms with E-state index in [0.717, 1.165) is 44.9 Å². The van der Waals surface area contributed by atoms with E-state index in [1.54, 1.807) is 12.1 Å². The summed E-state index contributed by atoms with van der Waals surface area (Å²) in [5.74, 6) is 0.0365. The molecular formula is C19H24FN3O2. The monoisotopic (exact) mass is 345 g/mol. The van der Waals surface area contributed by atoms with Crippen molar-refractivity contribution in [3.63, 3.8) is 0 Å². The zero-order chi connectivity index (χ0) is 17.4. The molecule has 2 saturated heterocycles. The molecule has 0 spiro atoms. The lowest BCUT2D eigenvalue weighted by molar-refractivity contribution is -0.123. The van der Waals surface area contributed by atoms with Crippen LogP contribution in [0.5, 0.6) is 0 Å². The van der Waals surface area contributed by atoms with Gasteiger partial charge in [0.1, 0.15) is 5.82 Å². The first-order valence-electron chi connectivity index (χ1n) is 9.25. The average Bonchev–Trinajstić information content (AvgIpc) is 3.38. The van der Waals surface area contributed by atoms with Gasteiger partial charge in [0.2, 0.25) is 5.91 Å². The van der Waals surface area contributed by atoms with E-state index in [2.05, 4.69) is 10.6 Å². The predicted molar refractivity (Wildman–Crippen MR) is 92.6 cm³/mol. The second kappa shape index (κ2) is 6.65. The van der Waals surface area contributed by atoms with Gasteiger partial charge in [0.15, 0.2) is 0 Å². The molecule has 3 amide bonds. The van der Waals surface area contributed by atoms with E-state index in [1.165, 1.54) is 12.1 Å². The van der Waals surface area contributed by atoms with Crippen LogP contribution in [0.3, 0.4) is 0 Å². The van der Waals surface area contributed by atoms with Gasteiger partial charge in [-0.2, -0.15) is 0 Å². The summed E-state index contributed by atoms with van der Waals surface area (Å²) in [6.07, 6.45) is 6.67. The van der Waals surface area contributed by atoms with E-state index in [0.29, 0.717) is 5.69 Å². The van der Waals surface area contributed by atoms with Crippen molar-refractivity contribution in [3.05, 3.63) is 30.1 Å². The maximum absolute atomic E-state index is 13.3. The lowest BCUT2D eigenvalue weighted by Gasteiger charge is -2.48. The van der Waals surface area contributed by atoms with Crippen LogP contribution < -0.4 is 10.6 Å². The number of piperidine rings is 2. The Labute approximate surface area is 147 Å². The van der Waals surface area contributed by atoms with Gasteiger partial charge < -0.3 is 15.5 Å². The first-order valence-corrected chi connectivity index (χ1v) is 9.25. The topological polar surface area (TPSA) is 61.4 Å². The summed E-state index contributed by atoms with van der Waals surface area (Å²) in [5.41, 5.74) is 0.479. The summed E-state index contributed by atoms with van der Waals surface area (Å²) in [6, 6.07) is 6.27. The van der Waals surface area contributed by atoms with Crippen molar-refractivity contribution >= 4 is 17.6 Å². The first-order chi connectivity index (χ1) is 12.1. The molecule has 2 heterocycles. The minimum atomic E-state index is -0.362. The largest absolute Gasteiger partial charge is 0.353 e. The number of hydrogen-bond donors (Lipinski definition) is 2. The van der Waals surface area contributed by atoms with E-state index in [-0.39, 0.29) is 41.8 Å². The van der Waals surface area contributed by atoms with Crippen LogP contribution in [0.15, 0.2) is 24.3 Å². The van der Waals surface area contributed by atoms with Gasteiger partial charge in [-0.1, -0.05) is 6.07 Å². The average molecular weight is 345 g/mol. The normalized spacial score (nSPS) is 28.4. The molecule has 1 aromatic carbocycles. The highest BCUT2D eigenvalue weighted by molar-refractivity contribution is 5.90. The summed E-state index contributed by atoms with van der Waals surface area (Å²) in [5, 5.41) is 6.00. The van der Waals surface area contributed by atoms with Gasteiger partial charge in [-0.25, -0.2) is 9.18 Å². The Kier molecular flexibility index (Phi) is 4.36. The molecule has 2 atom stereocenters. The Bertz CT molecular complexity index is 662. The molecule has 2 aliphatic heterocycles. The first kappa shape index (κ1) is 16.4. The Hall–Kier alpha value is -2.11. The molecule has 0 aromatic heterocycles. The molecule has 3 aliphatic rings. The quantitative estimate of drug-likeness (QED) is 0.883.